The molecule has 4 rings (SSSR count). The monoisotopic (exact) mass is 446 g/mol. The SMILES string of the molecule is Cc1nc2c(SCC(=O)Nc3cc(Cl)ccc3C)nnc(-c3cccs3)c2s1. The number of rotatable bonds is 5. The molecule has 9 heteroatoms. The van der Waals surface area contributed by atoms with Crippen LogP contribution in [0.4, 0.5) is 5.69 Å². The molecular weight excluding hydrogens is 432 g/mol. The van der Waals surface area contributed by atoms with E-state index in [1.54, 1.807) is 34.8 Å². The first-order chi connectivity index (χ1) is 13.5. The Morgan fingerprint density at radius 2 is 2.11 bits per heavy atom. The summed E-state index contributed by atoms with van der Waals surface area (Å²) < 4.78 is 1.00. The Morgan fingerprint density at radius 3 is 2.89 bits per heavy atom. The standard InChI is InChI=1S/C19H15ClN4OS3/c1-10-5-6-12(20)8-13(10)22-15(25)9-27-19-17-18(28-11(2)21-17)16(23-24-19)14-4-3-7-26-14/h3-8H,9H2,1-2H3,(H,22,25). The largest absolute Gasteiger partial charge is 0.325 e. The molecular formula is C19H15ClN4OS3. The Balaban J connectivity index is 1.54. The van der Waals surface area contributed by atoms with Gasteiger partial charge in [0.05, 0.1) is 20.3 Å². The maximum atomic E-state index is 12.4. The number of carbonyl (C=O) groups excluding carboxylic acids is 1. The number of benzene rings is 1. The maximum absolute atomic E-state index is 12.4. The number of aryl methyl sites for hydroxylation is 2. The van der Waals surface area contributed by atoms with Crippen molar-refractivity contribution in [2.75, 3.05) is 11.1 Å². The first-order valence-electron chi connectivity index (χ1n) is 8.38. The van der Waals surface area contributed by atoms with Crippen molar-refractivity contribution in [3.05, 3.63) is 51.3 Å². The Hall–Kier alpha value is -2.00. The summed E-state index contributed by atoms with van der Waals surface area (Å²) in [5.41, 5.74) is 3.32. The van der Waals surface area contributed by atoms with Gasteiger partial charge in [0.1, 0.15) is 16.2 Å². The number of halogens is 1. The number of hydrogen-bond donors (Lipinski definition) is 1. The van der Waals surface area contributed by atoms with Gasteiger partial charge in [-0.25, -0.2) is 4.98 Å². The summed E-state index contributed by atoms with van der Waals surface area (Å²) in [6, 6.07) is 9.44. The van der Waals surface area contributed by atoms with Crippen molar-refractivity contribution in [1.29, 1.82) is 0 Å². The van der Waals surface area contributed by atoms with Crippen LogP contribution in [0.1, 0.15) is 10.6 Å². The van der Waals surface area contributed by atoms with E-state index in [2.05, 4.69) is 20.5 Å². The zero-order valence-electron chi connectivity index (χ0n) is 15.0. The molecule has 28 heavy (non-hydrogen) atoms. The van der Waals surface area contributed by atoms with E-state index in [1.165, 1.54) is 11.8 Å². The van der Waals surface area contributed by atoms with Gasteiger partial charge in [-0.1, -0.05) is 35.5 Å². The van der Waals surface area contributed by atoms with Crippen molar-refractivity contribution < 1.29 is 4.79 Å². The summed E-state index contributed by atoms with van der Waals surface area (Å²) >= 11 is 10.6. The van der Waals surface area contributed by atoms with E-state index in [0.29, 0.717) is 15.7 Å². The Kier molecular flexibility index (Phi) is 5.63. The highest BCUT2D eigenvalue weighted by Gasteiger charge is 2.17. The summed E-state index contributed by atoms with van der Waals surface area (Å²) in [6.07, 6.45) is 0. The van der Waals surface area contributed by atoms with E-state index in [-0.39, 0.29) is 11.7 Å². The number of aromatic nitrogens is 3. The lowest BCUT2D eigenvalue weighted by Crippen LogP contribution is -2.15. The predicted octanol–water partition coefficient (Wildman–Crippen LogP) is 5.82. The van der Waals surface area contributed by atoms with Crippen LogP contribution in [-0.2, 0) is 4.79 Å². The van der Waals surface area contributed by atoms with Crippen molar-refractivity contribution in [1.82, 2.24) is 15.2 Å². The molecule has 0 unspecified atom stereocenters. The molecule has 5 nitrogen and oxygen atoms in total. The van der Waals surface area contributed by atoms with E-state index < -0.39 is 0 Å². The van der Waals surface area contributed by atoms with Crippen LogP contribution in [0.25, 0.3) is 20.8 Å². The number of hydrogen-bond acceptors (Lipinski definition) is 7. The van der Waals surface area contributed by atoms with Gasteiger partial charge in [0.15, 0.2) is 0 Å². The zero-order chi connectivity index (χ0) is 19.7. The number of anilines is 1. The molecule has 0 aliphatic carbocycles. The molecule has 1 N–H and O–H groups in total. The second-order valence-corrected chi connectivity index (χ2v) is 9.59. The molecule has 0 aliphatic rings. The number of carbonyl (C=O) groups is 1. The first-order valence-corrected chi connectivity index (χ1v) is 11.4. The minimum absolute atomic E-state index is 0.125. The lowest BCUT2D eigenvalue weighted by molar-refractivity contribution is -0.113. The average molecular weight is 447 g/mol. The van der Waals surface area contributed by atoms with Crippen molar-refractivity contribution >= 4 is 67.8 Å². The molecule has 0 fully saturated rings. The molecule has 0 spiro atoms. The molecule has 0 saturated heterocycles. The predicted molar refractivity (Wildman–Crippen MR) is 119 cm³/mol. The second-order valence-electron chi connectivity index (χ2n) is 6.04. The molecule has 0 bridgehead atoms. The van der Waals surface area contributed by atoms with Crippen molar-refractivity contribution in [2.24, 2.45) is 0 Å². The van der Waals surface area contributed by atoms with Gasteiger partial charge >= 0.3 is 0 Å². The van der Waals surface area contributed by atoms with E-state index in [0.717, 1.165) is 31.4 Å². The van der Waals surface area contributed by atoms with Crippen molar-refractivity contribution in [3.63, 3.8) is 0 Å². The number of thiophene rings is 1. The fourth-order valence-electron chi connectivity index (χ4n) is 2.64. The number of amides is 1. The fraction of sp³-hybridized carbons (Fsp3) is 0.158. The van der Waals surface area contributed by atoms with Gasteiger partial charge in [0.2, 0.25) is 5.91 Å². The van der Waals surface area contributed by atoms with E-state index in [9.17, 15) is 4.79 Å². The first kappa shape index (κ1) is 19.3. The molecule has 0 radical (unpaired) electrons. The summed E-state index contributed by atoms with van der Waals surface area (Å²) in [7, 11) is 0. The Morgan fingerprint density at radius 1 is 1.25 bits per heavy atom. The van der Waals surface area contributed by atoms with E-state index >= 15 is 0 Å². The minimum atomic E-state index is -0.125. The molecule has 1 aromatic carbocycles. The minimum Gasteiger partial charge on any atom is -0.325 e. The fourth-order valence-corrected chi connectivity index (χ4v) is 5.30. The quantitative estimate of drug-likeness (QED) is 0.391. The smallest absolute Gasteiger partial charge is 0.234 e. The van der Waals surface area contributed by atoms with Gasteiger partial charge in [-0.15, -0.1) is 32.9 Å². The molecule has 3 heterocycles. The highest BCUT2D eigenvalue weighted by atomic mass is 35.5. The van der Waals surface area contributed by atoms with E-state index in [4.69, 9.17) is 11.6 Å². The summed E-state index contributed by atoms with van der Waals surface area (Å²) in [4.78, 5) is 18.1. The number of nitrogens with zero attached hydrogens (tertiary/aromatic N) is 3. The zero-order valence-corrected chi connectivity index (χ0v) is 18.2. The summed E-state index contributed by atoms with van der Waals surface area (Å²) in [6.45, 7) is 3.89. The molecule has 0 atom stereocenters. The van der Waals surface area contributed by atoms with Gasteiger partial charge in [-0.3, -0.25) is 4.79 Å². The van der Waals surface area contributed by atoms with Gasteiger partial charge in [0.25, 0.3) is 0 Å². The van der Waals surface area contributed by atoms with Crippen LogP contribution in [0.15, 0.2) is 40.7 Å². The number of fused-ring (bicyclic) bond motifs is 1. The van der Waals surface area contributed by atoms with Crippen molar-refractivity contribution in [2.45, 2.75) is 18.9 Å². The van der Waals surface area contributed by atoms with E-state index in [1.807, 2.05) is 37.4 Å². The topological polar surface area (TPSA) is 67.8 Å². The molecule has 142 valence electrons. The molecule has 0 saturated carbocycles. The highest BCUT2D eigenvalue weighted by molar-refractivity contribution is 8.00. The highest BCUT2D eigenvalue weighted by Crippen LogP contribution is 2.36. The second kappa shape index (κ2) is 8.16. The van der Waals surface area contributed by atoms with Gasteiger partial charge in [0, 0.05) is 10.7 Å². The van der Waals surface area contributed by atoms with Crippen LogP contribution in [0.5, 0.6) is 0 Å². The van der Waals surface area contributed by atoms with Crippen LogP contribution in [0.3, 0.4) is 0 Å². The molecule has 4 aromatic rings. The molecule has 1 amide bonds. The van der Waals surface area contributed by atoms with Crippen molar-refractivity contribution in [3.8, 4) is 10.6 Å². The summed E-state index contributed by atoms with van der Waals surface area (Å²) in [5, 5.41) is 15.9. The third-order valence-corrected chi connectivity index (χ3v) is 7.00. The lowest BCUT2D eigenvalue weighted by Gasteiger charge is -2.09. The van der Waals surface area contributed by atoms with Gasteiger partial charge in [-0.05, 0) is 43.0 Å². The number of nitrogens with one attached hydrogen (secondary N) is 1. The Bertz CT molecular complexity index is 1160. The summed E-state index contributed by atoms with van der Waals surface area (Å²) in [5.74, 6) is 0.0876. The number of thioether (sulfide) groups is 1. The van der Waals surface area contributed by atoms with Crippen LogP contribution in [-0.4, -0.2) is 26.8 Å². The maximum Gasteiger partial charge on any atom is 0.234 e. The third-order valence-electron chi connectivity index (χ3n) is 3.96. The molecule has 0 aliphatic heterocycles. The van der Waals surface area contributed by atoms with Crippen LogP contribution in [0.2, 0.25) is 5.02 Å². The Labute approximate surface area is 179 Å². The number of thiazole rings is 1. The van der Waals surface area contributed by atoms with Gasteiger partial charge < -0.3 is 5.32 Å². The van der Waals surface area contributed by atoms with Crippen LogP contribution < -0.4 is 5.32 Å². The van der Waals surface area contributed by atoms with Gasteiger partial charge in [-0.2, -0.15) is 0 Å². The van der Waals surface area contributed by atoms with Crippen LogP contribution in [0, 0.1) is 13.8 Å². The lowest BCUT2D eigenvalue weighted by atomic mass is 10.2. The normalized spacial score (nSPS) is 11.1. The average Bonchev–Trinajstić information content (AvgIpc) is 3.32. The molecule has 3 aromatic heterocycles. The van der Waals surface area contributed by atoms with Crippen LogP contribution >= 0.6 is 46.0 Å². The third kappa shape index (κ3) is 4.05.